The first-order chi connectivity index (χ1) is 23.8. The van der Waals surface area contributed by atoms with E-state index in [0.29, 0.717) is 0 Å². The van der Waals surface area contributed by atoms with E-state index < -0.39 is 0 Å². The zero-order valence-electron chi connectivity index (χ0n) is 26.3. The first-order valence-electron chi connectivity index (χ1n) is 16.3. The second-order valence-electron chi connectivity index (χ2n) is 12.2. The molecule has 0 fully saturated rings. The van der Waals surface area contributed by atoms with Gasteiger partial charge in [-0.15, -0.1) is 0 Å². The van der Waals surface area contributed by atoms with Gasteiger partial charge in [0.05, 0.1) is 11.1 Å². The average Bonchev–Trinajstić information content (AvgIpc) is 3.55. The minimum absolute atomic E-state index is 0.860. The van der Waals surface area contributed by atoms with Crippen LogP contribution in [0.2, 0.25) is 0 Å². The van der Waals surface area contributed by atoms with Crippen LogP contribution in [0.15, 0.2) is 192 Å². The fourth-order valence-electron chi connectivity index (χ4n) is 6.94. The van der Waals surface area contributed by atoms with Gasteiger partial charge in [-0.25, -0.2) is 0 Å². The van der Waals surface area contributed by atoms with Gasteiger partial charge in [0.25, 0.3) is 0 Å². The van der Waals surface area contributed by atoms with Crippen LogP contribution >= 0.6 is 0 Å². The fourth-order valence-corrected chi connectivity index (χ4v) is 6.94. The Morgan fingerprint density at radius 2 is 0.938 bits per heavy atom. The summed E-state index contributed by atoms with van der Waals surface area (Å²) in [6.45, 7) is 0. The number of hydrogen-bond donors (Lipinski definition) is 0. The number of furan rings is 1. The molecule has 0 aliphatic carbocycles. The van der Waals surface area contributed by atoms with Crippen LogP contribution in [0.25, 0.3) is 66.1 Å². The summed E-state index contributed by atoms with van der Waals surface area (Å²) in [5, 5.41) is 4.61. The van der Waals surface area contributed by atoms with Gasteiger partial charge in [0.2, 0.25) is 0 Å². The molecule has 8 aromatic carbocycles. The maximum absolute atomic E-state index is 6.54. The SMILES string of the molecule is c1ccc(-c2cccc(N(c3cccc(-c4ccccc4)c3)c3c(-c4ccc5ccccc5c4)ccc4oc5ccccc5c34)c2)cc1. The Labute approximate surface area is 279 Å². The lowest BCUT2D eigenvalue weighted by molar-refractivity contribution is 0.669. The van der Waals surface area contributed by atoms with E-state index in [-0.39, 0.29) is 0 Å². The molecule has 48 heavy (non-hydrogen) atoms. The maximum atomic E-state index is 6.54. The van der Waals surface area contributed by atoms with Crippen LogP contribution in [-0.4, -0.2) is 0 Å². The van der Waals surface area contributed by atoms with Crippen LogP contribution in [-0.2, 0) is 0 Å². The van der Waals surface area contributed by atoms with Crippen LogP contribution in [0.3, 0.4) is 0 Å². The highest BCUT2D eigenvalue weighted by atomic mass is 16.3. The summed E-state index contributed by atoms with van der Waals surface area (Å²) < 4.78 is 6.54. The van der Waals surface area contributed by atoms with Gasteiger partial charge in [-0.05, 0) is 87.1 Å². The molecule has 0 bridgehead atoms. The summed E-state index contributed by atoms with van der Waals surface area (Å²) in [6.07, 6.45) is 0. The number of benzene rings is 8. The van der Waals surface area contributed by atoms with Crippen molar-refractivity contribution < 1.29 is 4.42 Å². The van der Waals surface area contributed by atoms with Crippen molar-refractivity contribution in [2.75, 3.05) is 4.90 Å². The monoisotopic (exact) mass is 613 g/mol. The Kier molecular flexibility index (Phi) is 6.84. The van der Waals surface area contributed by atoms with Crippen LogP contribution in [0.1, 0.15) is 0 Å². The van der Waals surface area contributed by atoms with Gasteiger partial charge in [-0.3, -0.25) is 0 Å². The highest BCUT2D eigenvalue weighted by Gasteiger charge is 2.24. The van der Waals surface area contributed by atoms with Crippen LogP contribution in [0.4, 0.5) is 17.1 Å². The smallest absolute Gasteiger partial charge is 0.137 e. The van der Waals surface area contributed by atoms with Crippen LogP contribution < -0.4 is 4.90 Å². The van der Waals surface area contributed by atoms with E-state index in [4.69, 9.17) is 4.42 Å². The van der Waals surface area contributed by atoms with Gasteiger partial charge < -0.3 is 9.32 Å². The van der Waals surface area contributed by atoms with Crippen molar-refractivity contribution in [1.82, 2.24) is 0 Å². The molecule has 0 aliphatic heterocycles. The van der Waals surface area contributed by atoms with Gasteiger partial charge in [0, 0.05) is 22.3 Å². The van der Waals surface area contributed by atoms with E-state index in [9.17, 15) is 0 Å². The molecule has 1 heterocycles. The Balaban J connectivity index is 1.38. The van der Waals surface area contributed by atoms with E-state index in [1.807, 2.05) is 6.07 Å². The number of anilines is 3. The number of hydrogen-bond acceptors (Lipinski definition) is 2. The van der Waals surface area contributed by atoms with E-state index in [1.165, 1.54) is 21.9 Å². The molecule has 2 nitrogen and oxygen atoms in total. The molecule has 0 spiro atoms. The molecule has 9 aromatic rings. The summed E-state index contributed by atoms with van der Waals surface area (Å²) in [5.74, 6) is 0. The molecule has 0 N–H and O–H groups in total. The molecular weight excluding hydrogens is 583 g/mol. The second kappa shape index (κ2) is 11.8. The summed E-state index contributed by atoms with van der Waals surface area (Å²) >= 11 is 0. The Morgan fingerprint density at radius 3 is 1.62 bits per heavy atom. The van der Waals surface area contributed by atoms with E-state index in [2.05, 4.69) is 187 Å². The van der Waals surface area contributed by atoms with E-state index >= 15 is 0 Å². The molecule has 0 saturated carbocycles. The molecule has 226 valence electrons. The van der Waals surface area contributed by atoms with Crippen molar-refractivity contribution in [3.8, 4) is 33.4 Å². The lowest BCUT2D eigenvalue weighted by atomic mass is 9.95. The third-order valence-corrected chi connectivity index (χ3v) is 9.22. The molecule has 0 aliphatic rings. The van der Waals surface area contributed by atoms with Gasteiger partial charge in [0.1, 0.15) is 11.2 Å². The standard InChI is InChI=1S/C46H31NO/c1-3-13-32(14-4-1)36-19-11-21-39(30-36)47(40-22-12-20-37(31-40)33-15-5-2-6-16-33)46-41(38-26-25-34-17-7-8-18-35(34)29-38)27-28-44-45(46)42-23-9-10-24-43(42)48-44/h1-31H. The van der Waals surface area contributed by atoms with Crippen molar-refractivity contribution in [1.29, 1.82) is 0 Å². The second-order valence-corrected chi connectivity index (χ2v) is 12.2. The number of nitrogens with zero attached hydrogens (tertiary/aromatic N) is 1. The summed E-state index contributed by atoms with van der Waals surface area (Å²) in [5.41, 5.74) is 11.9. The summed E-state index contributed by atoms with van der Waals surface area (Å²) in [6, 6.07) is 67.0. The third kappa shape index (κ3) is 4.92. The van der Waals surface area contributed by atoms with Crippen LogP contribution in [0, 0.1) is 0 Å². The van der Waals surface area contributed by atoms with Gasteiger partial charge in [0.15, 0.2) is 0 Å². The Hall–Kier alpha value is -6.38. The molecule has 2 heteroatoms. The topological polar surface area (TPSA) is 16.4 Å². The first kappa shape index (κ1) is 27.9. The van der Waals surface area contributed by atoms with E-state index in [1.54, 1.807) is 0 Å². The minimum Gasteiger partial charge on any atom is -0.456 e. The van der Waals surface area contributed by atoms with Crippen molar-refractivity contribution in [2.24, 2.45) is 0 Å². The lowest BCUT2D eigenvalue weighted by Crippen LogP contribution is -2.12. The molecule has 0 amide bonds. The number of para-hydroxylation sites is 1. The summed E-state index contributed by atoms with van der Waals surface area (Å²) in [4.78, 5) is 2.42. The summed E-state index contributed by atoms with van der Waals surface area (Å²) in [7, 11) is 0. The van der Waals surface area contributed by atoms with Crippen molar-refractivity contribution >= 4 is 49.8 Å². The van der Waals surface area contributed by atoms with Gasteiger partial charge >= 0.3 is 0 Å². The maximum Gasteiger partial charge on any atom is 0.137 e. The molecule has 1 aromatic heterocycles. The zero-order chi connectivity index (χ0) is 31.9. The average molecular weight is 614 g/mol. The van der Waals surface area contributed by atoms with Crippen molar-refractivity contribution in [3.05, 3.63) is 188 Å². The molecule has 0 unspecified atom stereocenters. The quantitative estimate of drug-likeness (QED) is 0.185. The highest BCUT2D eigenvalue weighted by molar-refractivity contribution is 6.17. The van der Waals surface area contributed by atoms with E-state index in [0.717, 1.165) is 61.3 Å². The van der Waals surface area contributed by atoms with Crippen molar-refractivity contribution in [2.45, 2.75) is 0 Å². The highest BCUT2D eigenvalue weighted by Crippen LogP contribution is 2.49. The molecular formula is C46H31NO. The number of rotatable bonds is 6. The van der Waals surface area contributed by atoms with Gasteiger partial charge in [-0.2, -0.15) is 0 Å². The first-order valence-corrected chi connectivity index (χ1v) is 16.3. The lowest BCUT2D eigenvalue weighted by Gasteiger charge is -2.29. The molecule has 9 rings (SSSR count). The third-order valence-electron chi connectivity index (χ3n) is 9.22. The largest absolute Gasteiger partial charge is 0.456 e. The zero-order valence-corrected chi connectivity index (χ0v) is 26.3. The predicted molar refractivity (Wildman–Crippen MR) is 202 cm³/mol. The minimum atomic E-state index is 0.860. The van der Waals surface area contributed by atoms with Crippen molar-refractivity contribution in [3.63, 3.8) is 0 Å². The van der Waals surface area contributed by atoms with Gasteiger partial charge in [-0.1, -0.05) is 140 Å². The number of fused-ring (bicyclic) bond motifs is 4. The normalized spacial score (nSPS) is 11.3. The molecule has 0 radical (unpaired) electrons. The fraction of sp³-hybridized carbons (Fsp3) is 0. The predicted octanol–water partition coefficient (Wildman–Crippen LogP) is 13.2. The molecule has 0 saturated heterocycles. The van der Waals surface area contributed by atoms with Crippen LogP contribution in [0.5, 0.6) is 0 Å². The molecule has 0 atom stereocenters. The Morgan fingerprint density at radius 1 is 0.354 bits per heavy atom. The Bertz CT molecular complexity index is 2480.